The number of urea groups is 1. The third-order valence-corrected chi connectivity index (χ3v) is 5.25. The van der Waals surface area contributed by atoms with Gasteiger partial charge in [-0.1, -0.05) is 17.4 Å². The summed E-state index contributed by atoms with van der Waals surface area (Å²) in [7, 11) is 0. The largest absolute Gasteiger partial charge is 0.444 e. The molecule has 1 aliphatic rings. The first kappa shape index (κ1) is 21.8. The monoisotopic (exact) mass is 410 g/mol. The second-order valence-electron chi connectivity index (χ2n) is 7.42. The molecule has 0 spiro atoms. The maximum absolute atomic E-state index is 12.6. The molecule has 28 heavy (non-hydrogen) atoms. The van der Waals surface area contributed by atoms with Gasteiger partial charge in [-0.15, -0.1) is 6.58 Å². The first-order chi connectivity index (χ1) is 13.1. The van der Waals surface area contributed by atoms with E-state index in [2.05, 4.69) is 22.2 Å². The lowest BCUT2D eigenvalue weighted by molar-refractivity contribution is -0.113. The number of carbonyl (C=O) groups excluding carboxylic acids is 3. The molecule has 2 heterocycles. The van der Waals surface area contributed by atoms with E-state index in [-0.39, 0.29) is 13.0 Å². The van der Waals surface area contributed by atoms with Gasteiger partial charge in [0.2, 0.25) is 0 Å². The van der Waals surface area contributed by atoms with E-state index in [1.54, 1.807) is 27.7 Å². The molecule has 1 aliphatic heterocycles. The molecule has 3 amide bonds. The van der Waals surface area contributed by atoms with Crippen molar-refractivity contribution in [2.45, 2.75) is 57.8 Å². The maximum Gasteiger partial charge on any atom is 0.411 e. The van der Waals surface area contributed by atoms with Gasteiger partial charge in [-0.05, 0) is 27.7 Å². The number of aromatic nitrogens is 1. The Kier molecular flexibility index (Phi) is 6.78. The first-order valence-corrected chi connectivity index (χ1v) is 9.68. The van der Waals surface area contributed by atoms with E-state index in [4.69, 9.17) is 9.84 Å². The van der Waals surface area contributed by atoms with Crippen LogP contribution in [0.25, 0.3) is 0 Å². The molecule has 1 aromatic rings. The van der Waals surface area contributed by atoms with Gasteiger partial charge in [0.1, 0.15) is 11.9 Å². The number of aliphatic hydroxyl groups excluding tert-OH is 1. The predicted octanol–water partition coefficient (Wildman–Crippen LogP) is 2.23. The van der Waals surface area contributed by atoms with Crippen LogP contribution in [-0.4, -0.2) is 57.7 Å². The fourth-order valence-corrected chi connectivity index (χ4v) is 3.84. The van der Waals surface area contributed by atoms with Crippen LogP contribution in [0.15, 0.2) is 12.7 Å². The summed E-state index contributed by atoms with van der Waals surface area (Å²) >= 11 is 1.23. The molecule has 3 N–H and O–H groups in total. The van der Waals surface area contributed by atoms with Crippen LogP contribution in [0.1, 0.15) is 44.3 Å². The number of amides is 3. The topological polar surface area (TPSA) is 121 Å². The van der Waals surface area contributed by atoms with Crippen LogP contribution in [0.4, 0.5) is 14.7 Å². The summed E-state index contributed by atoms with van der Waals surface area (Å²) in [5, 5.41) is 14.6. The van der Waals surface area contributed by atoms with E-state index in [0.29, 0.717) is 17.1 Å². The lowest BCUT2D eigenvalue weighted by Gasteiger charge is -2.37. The molecule has 0 bridgehead atoms. The number of aldehydes is 1. The number of nitrogens with one attached hydrogen (secondary N) is 2. The average molecular weight is 410 g/mol. The van der Waals surface area contributed by atoms with Gasteiger partial charge in [-0.3, -0.25) is 10.2 Å². The Bertz CT molecular complexity index is 758. The molecule has 2 rings (SSSR count). The van der Waals surface area contributed by atoms with E-state index in [1.165, 1.54) is 22.3 Å². The normalized spacial score (nSPS) is 20.0. The van der Waals surface area contributed by atoms with Gasteiger partial charge in [0.05, 0.1) is 35.3 Å². The van der Waals surface area contributed by atoms with Crippen LogP contribution in [-0.2, 0) is 16.0 Å². The van der Waals surface area contributed by atoms with Crippen molar-refractivity contribution >= 4 is 34.9 Å². The van der Waals surface area contributed by atoms with Crippen molar-refractivity contribution in [2.75, 3.05) is 11.9 Å². The highest BCUT2D eigenvalue weighted by Gasteiger charge is 2.39. The molecule has 3 atom stereocenters. The summed E-state index contributed by atoms with van der Waals surface area (Å²) in [5.41, 5.74) is -0.0237. The van der Waals surface area contributed by atoms with Crippen LogP contribution >= 0.6 is 11.3 Å². The van der Waals surface area contributed by atoms with Gasteiger partial charge in [0.15, 0.2) is 5.13 Å². The molecule has 0 saturated carbocycles. The molecule has 0 unspecified atom stereocenters. The average Bonchev–Trinajstić information content (AvgIpc) is 3.00. The van der Waals surface area contributed by atoms with Crippen LogP contribution in [0.3, 0.4) is 0 Å². The van der Waals surface area contributed by atoms with Crippen molar-refractivity contribution in [1.82, 2.24) is 15.2 Å². The minimum absolute atomic E-state index is 0.244. The molecule has 10 heteroatoms. The fraction of sp³-hybridized carbons (Fsp3) is 0.556. The highest BCUT2D eigenvalue weighted by atomic mass is 32.1. The van der Waals surface area contributed by atoms with E-state index >= 15 is 0 Å². The molecular weight excluding hydrogens is 384 g/mol. The summed E-state index contributed by atoms with van der Waals surface area (Å²) in [5.74, 6) is 0. The van der Waals surface area contributed by atoms with Gasteiger partial charge >= 0.3 is 12.1 Å². The molecule has 0 fully saturated rings. The van der Waals surface area contributed by atoms with Gasteiger partial charge in [0, 0.05) is 6.42 Å². The molecule has 1 aromatic heterocycles. The van der Waals surface area contributed by atoms with Crippen molar-refractivity contribution in [3.05, 3.63) is 23.2 Å². The van der Waals surface area contributed by atoms with Crippen LogP contribution < -0.4 is 10.6 Å². The third-order valence-electron chi connectivity index (χ3n) is 4.06. The van der Waals surface area contributed by atoms with Crippen molar-refractivity contribution in [3.8, 4) is 0 Å². The number of anilines is 1. The number of aliphatic hydroxyl groups is 1. The van der Waals surface area contributed by atoms with E-state index in [0.717, 1.165) is 4.88 Å². The minimum Gasteiger partial charge on any atom is -0.444 e. The van der Waals surface area contributed by atoms with Gasteiger partial charge < -0.3 is 20.0 Å². The fourth-order valence-electron chi connectivity index (χ4n) is 2.80. The molecular formula is C18H26N4O5S. The minimum atomic E-state index is -0.694. The lowest BCUT2D eigenvalue weighted by Crippen LogP contribution is -2.48. The third kappa shape index (κ3) is 5.08. The Hall–Kier alpha value is -2.46. The number of fused-ring (bicyclic) bond motifs is 1. The molecule has 9 nitrogen and oxygen atoms in total. The standard InChI is InChI=1S/C18H26N4O5S/c1-6-11(8-23)19-15(25)21-16-20-13-7-12(9-24)22(10(2)14(13)28-16)17(26)27-18(3,4)5/h6,9-12,23H,1,7-8H2,2-5H3,(H2,19,20,21,25)/t10-,11+,12-/m0/s1. The number of carbonyl (C=O) groups is 3. The van der Waals surface area contributed by atoms with Crippen molar-refractivity contribution in [2.24, 2.45) is 0 Å². The Balaban J connectivity index is 2.19. The summed E-state index contributed by atoms with van der Waals surface area (Å²) in [6.45, 7) is 10.3. The Morgan fingerprint density at radius 2 is 2.18 bits per heavy atom. The molecule has 154 valence electrons. The Labute approximate surface area is 167 Å². The van der Waals surface area contributed by atoms with E-state index in [1.807, 2.05) is 0 Å². The van der Waals surface area contributed by atoms with Crippen molar-refractivity contribution < 1.29 is 24.2 Å². The Morgan fingerprint density at radius 3 is 2.71 bits per heavy atom. The zero-order valence-corrected chi connectivity index (χ0v) is 17.2. The Morgan fingerprint density at radius 1 is 1.50 bits per heavy atom. The van der Waals surface area contributed by atoms with Gasteiger partial charge in [-0.2, -0.15) is 0 Å². The van der Waals surface area contributed by atoms with Gasteiger partial charge in [0.25, 0.3) is 0 Å². The zero-order chi connectivity index (χ0) is 21.1. The summed E-state index contributed by atoms with van der Waals surface area (Å²) in [6.07, 6.45) is 1.80. The maximum atomic E-state index is 12.6. The van der Waals surface area contributed by atoms with Crippen LogP contribution in [0, 0.1) is 0 Å². The molecule has 0 radical (unpaired) electrons. The summed E-state index contributed by atoms with van der Waals surface area (Å²) < 4.78 is 5.43. The van der Waals surface area contributed by atoms with Crippen LogP contribution in [0.2, 0.25) is 0 Å². The van der Waals surface area contributed by atoms with Crippen LogP contribution in [0.5, 0.6) is 0 Å². The number of thiazole rings is 1. The quantitative estimate of drug-likeness (QED) is 0.506. The molecule has 0 aromatic carbocycles. The predicted molar refractivity (Wildman–Crippen MR) is 105 cm³/mol. The SMILES string of the molecule is C=C[C@H](CO)NC(=O)Nc1nc2c(s1)[C@H](C)N(C(=O)OC(C)(C)C)[C@H](C=O)C2. The smallest absolute Gasteiger partial charge is 0.411 e. The second-order valence-corrected chi connectivity index (χ2v) is 8.45. The first-order valence-electron chi connectivity index (χ1n) is 8.86. The lowest BCUT2D eigenvalue weighted by atomic mass is 10.0. The number of nitrogens with zero attached hydrogens (tertiary/aromatic N) is 2. The number of ether oxygens (including phenoxy) is 1. The van der Waals surface area contributed by atoms with Gasteiger partial charge in [-0.25, -0.2) is 14.6 Å². The molecule has 0 aliphatic carbocycles. The summed E-state index contributed by atoms with van der Waals surface area (Å²) in [4.78, 5) is 42.8. The molecule has 0 saturated heterocycles. The highest BCUT2D eigenvalue weighted by Crippen LogP contribution is 2.38. The number of hydrogen-bond acceptors (Lipinski definition) is 7. The number of rotatable bonds is 5. The van der Waals surface area contributed by atoms with Crippen molar-refractivity contribution in [1.29, 1.82) is 0 Å². The van der Waals surface area contributed by atoms with E-state index < -0.39 is 35.9 Å². The second kappa shape index (κ2) is 8.70. The van der Waals surface area contributed by atoms with E-state index in [9.17, 15) is 14.4 Å². The highest BCUT2D eigenvalue weighted by molar-refractivity contribution is 7.16. The number of hydrogen-bond donors (Lipinski definition) is 3. The summed E-state index contributed by atoms with van der Waals surface area (Å²) in [6, 6.07) is -2.23. The zero-order valence-electron chi connectivity index (χ0n) is 16.4. The van der Waals surface area contributed by atoms with Crippen molar-refractivity contribution in [3.63, 3.8) is 0 Å².